The van der Waals surface area contributed by atoms with E-state index in [1.54, 1.807) is 12.1 Å². The quantitative estimate of drug-likeness (QED) is 0.803. The van der Waals surface area contributed by atoms with E-state index in [-0.39, 0.29) is 11.1 Å². The number of fused-ring (bicyclic) bond motifs is 1. The molecule has 2 aromatic heterocycles. The molecule has 0 unspecified atom stereocenters. The van der Waals surface area contributed by atoms with Crippen LogP contribution in [0.3, 0.4) is 0 Å². The van der Waals surface area contributed by atoms with Gasteiger partial charge in [-0.25, -0.2) is 14.2 Å². The van der Waals surface area contributed by atoms with Crippen molar-refractivity contribution in [2.24, 2.45) is 0 Å². The number of methoxy groups -OCH3 is 1. The highest BCUT2D eigenvalue weighted by Gasteiger charge is 2.13. The normalized spacial score (nSPS) is 10.5. The van der Waals surface area contributed by atoms with Gasteiger partial charge in [-0.1, -0.05) is 6.07 Å². The number of amides is 1. The highest BCUT2D eigenvalue weighted by Crippen LogP contribution is 2.16. The number of pyridine rings is 1. The van der Waals surface area contributed by atoms with E-state index in [0.29, 0.717) is 17.0 Å². The smallest absolute Gasteiger partial charge is 0.344 e. The second-order valence-electron chi connectivity index (χ2n) is 4.67. The Morgan fingerprint density at radius 1 is 1.26 bits per heavy atom. The molecule has 0 spiro atoms. The zero-order valence-electron chi connectivity index (χ0n) is 12.0. The molecule has 0 aliphatic rings. The number of aromatic nitrogens is 1. The summed E-state index contributed by atoms with van der Waals surface area (Å²) in [4.78, 5) is 28.0. The summed E-state index contributed by atoms with van der Waals surface area (Å²) in [6.45, 7) is 0. The molecule has 7 heteroatoms. The van der Waals surface area contributed by atoms with Crippen LogP contribution in [-0.2, 0) is 0 Å². The molecule has 0 atom stereocenters. The van der Waals surface area contributed by atoms with Gasteiger partial charge < -0.3 is 14.5 Å². The average Bonchev–Trinajstić information content (AvgIpc) is 2.56. The maximum Gasteiger partial charge on any atom is 0.344 e. The maximum absolute atomic E-state index is 13.1. The van der Waals surface area contributed by atoms with Crippen LogP contribution < -0.4 is 15.7 Å². The molecule has 1 aromatic carbocycles. The highest BCUT2D eigenvalue weighted by atomic mass is 19.1. The Labute approximate surface area is 129 Å². The van der Waals surface area contributed by atoms with E-state index in [4.69, 9.17) is 9.15 Å². The van der Waals surface area contributed by atoms with Gasteiger partial charge in [-0.15, -0.1) is 0 Å². The summed E-state index contributed by atoms with van der Waals surface area (Å²) in [7, 11) is 1.48. The molecule has 1 N–H and O–H groups in total. The van der Waals surface area contributed by atoms with Gasteiger partial charge in [0.2, 0.25) is 5.88 Å². The largest absolute Gasteiger partial charge is 0.481 e. The topological polar surface area (TPSA) is 81.4 Å². The molecule has 3 aromatic rings. The first-order chi connectivity index (χ1) is 11.1. The van der Waals surface area contributed by atoms with Crippen LogP contribution in [0.25, 0.3) is 10.8 Å². The number of anilines is 1. The van der Waals surface area contributed by atoms with Crippen molar-refractivity contribution in [1.82, 2.24) is 4.98 Å². The van der Waals surface area contributed by atoms with E-state index < -0.39 is 17.3 Å². The lowest BCUT2D eigenvalue weighted by Gasteiger charge is -2.05. The van der Waals surface area contributed by atoms with Crippen LogP contribution in [-0.4, -0.2) is 18.0 Å². The van der Waals surface area contributed by atoms with Gasteiger partial charge >= 0.3 is 5.63 Å². The summed E-state index contributed by atoms with van der Waals surface area (Å²) in [5.74, 6) is -0.932. The minimum absolute atomic E-state index is 0.0765. The molecule has 0 saturated heterocycles. The second-order valence-corrected chi connectivity index (χ2v) is 4.67. The third-order valence-corrected chi connectivity index (χ3v) is 3.15. The van der Waals surface area contributed by atoms with Gasteiger partial charge in [0.25, 0.3) is 5.91 Å². The minimum atomic E-state index is -0.778. The van der Waals surface area contributed by atoms with Crippen LogP contribution in [0.2, 0.25) is 0 Å². The molecule has 0 saturated carbocycles. The number of carbonyl (C=O) groups is 1. The van der Waals surface area contributed by atoms with E-state index in [1.165, 1.54) is 31.5 Å². The van der Waals surface area contributed by atoms with Crippen LogP contribution in [0.5, 0.6) is 5.88 Å². The summed E-state index contributed by atoms with van der Waals surface area (Å²) in [5.41, 5.74) is -0.363. The summed E-state index contributed by atoms with van der Waals surface area (Å²) in [6.07, 6.45) is 1.41. The Bertz CT molecular complexity index is 935. The number of ether oxygens (including phenoxy) is 1. The number of nitrogens with one attached hydrogen (secondary N) is 1. The number of hydrogen-bond acceptors (Lipinski definition) is 5. The Hall–Kier alpha value is -3.22. The molecular weight excluding hydrogens is 303 g/mol. The predicted octanol–water partition coefficient (Wildman–Crippen LogP) is 2.59. The van der Waals surface area contributed by atoms with Crippen molar-refractivity contribution in [2.45, 2.75) is 0 Å². The van der Waals surface area contributed by atoms with E-state index >= 15 is 0 Å². The van der Waals surface area contributed by atoms with Gasteiger partial charge in [0.1, 0.15) is 5.82 Å². The van der Waals surface area contributed by atoms with Gasteiger partial charge in [0, 0.05) is 6.07 Å². The Morgan fingerprint density at radius 2 is 2.09 bits per heavy atom. The summed E-state index contributed by atoms with van der Waals surface area (Å²) < 4.78 is 23.0. The fourth-order valence-electron chi connectivity index (χ4n) is 2.04. The van der Waals surface area contributed by atoms with Crippen molar-refractivity contribution in [3.8, 4) is 5.88 Å². The van der Waals surface area contributed by atoms with Gasteiger partial charge in [-0.2, -0.15) is 0 Å². The van der Waals surface area contributed by atoms with Crippen LogP contribution in [0.15, 0.2) is 51.8 Å². The van der Waals surface area contributed by atoms with E-state index in [0.717, 1.165) is 6.07 Å². The molecule has 0 fully saturated rings. The van der Waals surface area contributed by atoms with Crippen LogP contribution in [0.4, 0.5) is 10.1 Å². The number of hydrogen-bond donors (Lipinski definition) is 1. The Morgan fingerprint density at radius 3 is 2.78 bits per heavy atom. The fourth-order valence-corrected chi connectivity index (χ4v) is 2.04. The number of halogens is 1. The first-order valence-electron chi connectivity index (χ1n) is 6.61. The van der Waals surface area contributed by atoms with Crippen LogP contribution >= 0.6 is 0 Å². The molecule has 6 nitrogen and oxygen atoms in total. The summed E-state index contributed by atoms with van der Waals surface area (Å²) in [6, 6.07) is 8.23. The summed E-state index contributed by atoms with van der Waals surface area (Å²) in [5, 5.41) is 3.04. The zero-order valence-corrected chi connectivity index (χ0v) is 12.0. The number of nitrogens with zero attached hydrogens (tertiary/aromatic N) is 1. The van der Waals surface area contributed by atoms with Gasteiger partial charge in [0.05, 0.1) is 24.4 Å². The van der Waals surface area contributed by atoms with Gasteiger partial charge in [-0.3, -0.25) is 4.79 Å². The number of rotatable bonds is 3. The molecule has 1 amide bonds. The van der Waals surface area contributed by atoms with Crippen molar-refractivity contribution in [3.05, 3.63) is 64.6 Å². The molecule has 23 heavy (non-hydrogen) atoms. The molecule has 0 radical (unpaired) electrons. The summed E-state index contributed by atoms with van der Waals surface area (Å²) >= 11 is 0. The first-order valence-corrected chi connectivity index (χ1v) is 6.61. The average molecular weight is 314 g/mol. The molecule has 0 bridgehead atoms. The lowest BCUT2D eigenvalue weighted by Crippen LogP contribution is -2.15. The lowest BCUT2D eigenvalue weighted by molar-refractivity contribution is 0.0993. The number of benzene rings is 1. The molecule has 0 aliphatic carbocycles. The Balaban J connectivity index is 1.91. The third-order valence-electron chi connectivity index (χ3n) is 3.15. The van der Waals surface area contributed by atoms with Crippen molar-refractivity contribution in [3.63, 3.8) is 0 Å². The molecule has 3 rings (SSSR count). The van der Waals surface area contributed by atoms with Crippen molar-refractivity contribution < 1.29 is 18.3 Å². The maximum atomic E-state index is 13.1. The molecule has 0 aliphatic heterocycles. The second kappa shape index (κ2) is 5.88. The molecule has 116 valence electrons. The van der Waals surface area contributed by atoms with Gasteiger partial charge in [-0.05, 0) is 29.7 Å². The predicted molar refractivity (Wildman–Crippen MR) is 81.2 cm³/mol. The lowest BCUT2D eigenvalue weighted by atomic mass is 10.1. The minimum Gasteiger partial charge on any atom is -0.481 e. The molecule has 2 heterocycles. The monoisotopic (exact) mass is 314 g/mol. The standard InChI is InChI=1S/C16H11FN2O4/c1-22-14-5-4-11(8-18-14)19-15(20)13-6-9-2-3-10(17)7-12(9)16(21)23-13/h2-8H,1H3,(H,19,20). The van der Waals surface area contributed by atoms with E-state index in [9.17, 15) is 14.0 Å². The zero-order chi connectivity index (χ0) is 16.4. The SMILES string of the molecule is COc1ccc(NC(=O)c2cc3ccc(F)cc3c(=O)o2)cn1. The van der Waals surface area contributed by atoms with Crippen LogP contribution in [0.1, 0.15) is 10.6 Å². The van der Waals surface area contributed by atoms with E-state index in [2.05, 4.69) is 10.3 Å². The Kier molecular flexibility index (Phi) is 3.76. The van der Waals surface area contributed by atoms with E-state index in [1.807, 2.05) is 0 Å². The fraction of sp³-hybridized carbons (Fsp3) is 0.0625. The first kappa shape index (κ1) is 14.7. The van der Waals surface area contributed by atoms with Crippen molar-refractivity contribution in [1.29, 1.82) is 0 Å². The number of carbonyl (C=O) groups excluding carboxylic acids is 1. The molecular formula is C16H11FN2O4. The third kappa shape index (κ3) is 3.03. The van der Waals surface area contributed by atoms with Gasteiger partial charge in [0.15, 0.2) is 5.76 Å². The van der Waals surface area contributed by atoms with Crippen molar-refractivity contribution in [2.75, 3.05) is 12.4 Å². The van der Waals surface area contributed by atoms with Crippen molar-refractivity contribution >= 4 is 22.4 Å². The highest BCUT2D eigenvalue weighted by molar-refractivity contribution is 6.03. The van der Waals surface area contributed by atoms with Crippen LogP contribution in [0, 0.1) is 5.82 Å².